The Kier molecular flexibility index (Phi) is 6.24. The maximum atomic E-state index is 12.1. The van der Waals surface area contributed by atoms with Gasteiger partial charge in [-0.1, -0.05) is 19.1 Å². The van der Waals surface area contributed by atoms with E-state index in [1.54, 1.807) is 25.4 Å². The van der Waals surface area contributed by atoms with E-state index in [4.69, 9.17) is 9.52 Å². The van der Waals surface area contributed by atoms with Crippen molar-refractivity contribution in [1.82, 2.24) is 9.47 Å². The summed E-state index contributed by atoms with van der Waals surface area (Å²) in [5.74, 6) is 1.33. The Bertz CT molecular complexity index is 1300. The van der Waals surface area contributed by atoms with Crippen LogP contribution in [0.15, 0.2) is 47.5 Å². The number of hydrogen-bond donors (Lipinski definition) is 2. The third kappa shape index (κ3) is 4.50. The quantitative estimate of drug-likeness (QED) is 0.515. The van der Waals surface area contributed by atoms with Crippen LogP contribution in [0, 0.1) is 17.6 Å². The zero-order valence-electron chi connectivity index (χ0n) is 19.5. The van der Waals surface area contributed by atoms with Crippen LogP contribution in [0.2, 0.25) is 0 Å². The average Bonchev–Trinajstić information content (AvgIpc) is 3.22. The van der Waals surface area contributed by atoms with Crippen LogP contribution in [-0.4, -0.2) is 44.8 Å². The Morgan fingerprint density at radius 2 is 1.97 bits per heavy atom. The van der Waals surface area contributed by atoms with Crippen molar-refractivity contribution in [1.29, 1.82) is 4.78 Å². The van der Waals surface area contributed by atoms with Gasteiger partial charge >= 0.3 is 6.09 Å². The van der Waals surface area contributed by atoms with Crippen molar-refractivity contribution < 1.29 is 18.8 Å². The minimum Gasteiger partial charge on any atom is -0.496 e. The van der Waals surface area contributed by atoms with Crippen molar-refractivity contribution in [2.24, 2.45) is 5.92 Å². The zero-order valence-corrected chi connectivity index (χ0v) is 20.3. The lowest BCUT2D eigenvalue weighted by Gasteiger charge is -2.39. The topological polar surface area (TPSA) is 95.6 Å². The summed E-state index contributed by atoms with van der Waals surface area (Å²) in [7, 11) is -1.10. The van der Waals surface area contributed by atoms with Crippen molar-refractivity contribution in [3.63, 3.8) is 0 Å². The number of carbonyl (C=O) groups is 1. The number of benzene rings is 2. The van der Waals surface area contributed by atoms with Crippen LogP contribution in [-0.2, 0) is 16.3 Å². The van der Waals surface area contributed by atoms with Gasteiger partial charge in [-0.2, -0.15) is 0 Å². The van der Waals surface area contributed by atoms with Gasteiger partial charge < -0.3 is 9.84 Å². The highest BCUT2D eigenvalue weighted by Gasteiger charge is 2.29. The number of aromatic nitrogens is 1. The highest BCUT2D eigenvalue weighted by atomic mass is 32.2. The molecule has 2 heterocycles. The molecule has 0 radical (unpaired) electrons. The van der Waals surface area contributed by atoms with E-state index in [2.05, 4.69) is 11.8 Å². The van der Waals surface area contributed by atoms with Gasteiger partial charge in [0, 0.05) is 40.9 Å². The highest BCUT2D eigenvalue weighted by molar-refractivity contribution is 7.91. The average molecular weight is 470 g/mol. The van der Waals surface area contributed by atoms with Gasteiger partial charge in [-0.15, -0.1) is 0 Å². The molecule has 0 bridgehead atoms. The van der Waals surface area contributed by atoms with Crippen LogP contribution in [0.1, 0.15) is 42.5 Å². The molecule has 0 spiro atoms. The number of ether oxygens (including phenoxy) is 1. The number of likely N-dealkylation sites (tertiary alicyclic amines) is 1. The maximum absolute atomic E-state index is 12.1. The van der Waals surface area contributed by atoms with Crippen molar-refractivity contribution in [3.8, 4) is 5.75 Å². The predicted octanol–water partition coefficient (Wildman–Crippen LogP) is 5.49. The van der Waals surface area contributed by atoms with Gasteiger partial charge in [-0.3, -0.25) is 9.47 Å². The summed E-state index contributed by atoms with van der Waals surface area (Å²) in [6, 6.07) is 11.5. The standard InChI is InChI=1S/C25H31N3O4S/c1-16-9-11-27(22(13-16)18-5-7-19(8-6-18)33(4,26)31)15-21-20-10-12-28(25(29)30)24(20)17(2)14-23(21)32-3/h5-8,10,12,14,16,22,26H,9,11,13,15H2,1-4H3,(H,29,30)/t16-,22+,33?/m1/s1. The molecular formula is C25H31N3O4S. The smallest absolute Gasteiger partial charge is 0.416 e. The fourth-order valence-electron chi connectivity index (χ4n) is 4.95. The fourth-order valence-corrected chi connectivity index (χ4v) is 5.60. The van der Waals surface area contributed by atoms with Crippen molar-refractivity contribution in [2.75, 3.05) is 19.9 Å². The second kappa shape index (κ2) is 8.83. The molecule has 1 aliphatic heterocycles. The van der Waals surface area contributed by atoms with Gasteiger partial charge in [-0.05, 0) is 67.6 Å². The molecule has 1 aliphatic rings. The van der Waals surface area contributed by atoms with E-state index < -0.39 is 15.8 Å². The first-order valence-corrected chi connectivity index (χ1v) is 13.1. The Balaban J connectivity index is 1.75. The molecule has 1 aromatic heterocycles. The minimum atomic E-state index is -2.75. The van der Waals surface area contributed by atoms with Gasteiger partial charge in [0.05, 0.1) is 22.4 Å². The molecule has 0 amide bonds. The fraction of sp³-hybridized carbons (Fsp3) is 0.400. The molecule has 3 aromatic rings. The predicted molar refractivity (Wildman–Crippen MR) is 130 cm³/mol. The largest absolute Gasteiger partial charge is 0.496 e. The molecule has 7 nitrogen and oxygen atoms in total. The van der Waals surface area contributed by atoms with E-state index in [9.17, 15) is 14.1 Å². The highest BCUT2D eigenvalue weighted by Crippen LogP contribution is 2.39. The third-order valence-electron chi connectivity index (χ3n) is 6.71. The number of methoxy groups -OCH3 is 1. The van der Waals surface area contributed by atoms with E-state index in [0.29, 0.717) is 22.9 Å². The molecule has 1 fully saturated rings. The number of nitrogens with zero attached hydrogens (tertiary/aromatic N) is 2. The van der Waals surface area contributed by atoms with Gasteiger partial charge in [0.25, 0.3) is 0 Å². The van der Waals surface area contributed by atoms with E-state index in [-0.39, 0.29) is 6.04 Å². The van der Waals surface area contributed by atoms with Crippen molar-refractivity contribution in [2.45, 2.75) is 44.2 Å². The molecule has 33 heavy (non-hydrogen) atoms. The number of rotatable bonds is 5. The van der Waals surface area contributed by atoms with Crippen LogP contribution in [0.5, 0.6) is 5.75 Å². The second-order valence-corrected chi connectivity index (χ2v) is 11.3. The molecular weight excluding hydrogens is 438 g/mol. The molecule has 1 saturated heterocycles. The van der Waals surface area contributed by atoms with Crippen LogP contribution in [0.4, 0.5) is 4.79 Å². The third-order valence-corrected chi connectivity index (χ3v) is 7.88. The molecule has 176 valence electrons. The van der Waals surface area contributed by atoms with E-state index in [1.165, 1.54) is 10.8 Å². The first-order valence-electron chi connectivity index (χ1n) is 11.1. The Labute approximate surface area is 194 Å². The summed E-state index contributed by atoms with van der Waals surface area (Å²) in [4.78, 5) is 14.7. The molecule has 0 saturated carbocycles. The number of hydrogen-bond acceptors (Lipinski definition) is 5. The normalized spacial score (nSPS) is 21.1. The molecule has 0 aliphatic carbocycles. The summed E-state index contributed by atoms with van der Waals surface area (Å²) >= 11 is 0. The lowest BCUT2D eigenvalue weighted by Crippen LogP contribution is -2.36. The van der Waals surface area contributed by atoms with Gasteiger partial charge in [0.1, 0.15) is 5.75 Å². The minimum absolute atomic E-state index is 0.170. The van der Waals surface area contributed by atoms with Gasteiger partial charge in [-0.25, -0.2) is 13.8 Å². The van der Waals surface area contributed by atoms with E-state index in [1.807, 2.05) is 31.2 Å². The zero-order chi connectivity index (χ0) is 23.9. The molecule has 1 unspecified atom stereocenters. The lowest BCUT2D eigenvalue weighted by molar-refractivity contribution is 0.110. The van der Waals surface area contributed by atoms with Crippen LogP contribution in [0.25, 0.3) is 10.9 Å². The van der Waals surface area contributed by atoms with Gasteiger partial charge in [0.15, 0.2) is 0 Å². The summed E-state index contributed by atoms with van der Waals surface area (Å²) in [6.45, 7) is 5.71. The Morgan fingerprint density at radius 1 is 1.27 bits per heavy atom. The van der Waals surface area contributed by atoms with Crippen molar-refractivity contribution >= 4 is 26.7 Å². The number of aryl methyl sites for hydroxylation is 1. The first kappa shape index (κ1) is 23.3. The second-order valence-electron chi connectivity index (χ2n) is 9.13. The SMILES string of the molecule is COc1cc(C)c2c(ccn2C(=O)O)c1CN1CC[C@@H](C)C[C@H]1c1ccc(S(C)(=N)=O)cc1. The molecule has 4 rings (SSSR count). The summed E-state index contributed by atoms with van der Waals surface area (Å²) in [5, 5.41) is 10.5. The summed E-state index contributed by atoms with van der Waals surface area (Å²) in [5.41, 5.74) is 3.67. The number of nitrogens with one attached hydrogen (secondary N) is 1. The van der Waals surface area contributed by atoms with E-state index in [0.717, 1.165) is 47.2 Å². The van der Waals surface area contributed by atoms with Gasteiger partial charge in [0.2, 0.25) is 0 Å². The summed E-state index contributed by atoms with van der Waals surface area (Å²) in [6.07, 6.45) is 4.11. The molecule has 2 N–H and O–H groups in total. The monoisotopic (exact) mass is 469 g/mol. The molecule has 3 atom stereocenters. The first-order chi connectivity index (χ1) is 15.6. The van der Waals surface area contributed by atoms with E-state index >= 15 is 0 Å². The van der Waals surface area contributed by atoms with Crippen LogP contribution >= 0.6 is 0 Å². The summed E-state index contributed by atoms with van der Waals surface area (Å²) < 4.78 is 26.9. The van der Waals surface area contributed by atoms with Crippen LogP contribution in [0.3, 0.4) is 0 Å². The van der Waals surface area contributed by atoms with Crippen LogP contribution < -0.4 is 4.74 Å². The molecule has 8 heteroatoms. The number of carboxylic acid groups (broad SMARTS) is 1. The Hall–Kier alpha value is -2.84. The Morgan fingerprint density at radius 3 is 2.58 bits per heavy atom. The number of piperidine rings is 1. The molecule has 2 aromatic carbocycles. The lowest BCUT2D eigenvalue weighted by atomic mass is 9.87. The maximum Gasteiger partial charge on any atom is 0.416 e. The number of fused-ring (bicyclic) bond motifs is 1. The van der Waals surface area contributed by atoms with Crippen molar-refractivity contribution in [3.05, 3.63) is 59.3 Å².